The maximum Gasteiger partial charge on any atom is 0.408 e. The molecule has 3 amide bonds. The molecule has 0 radical (unpaired) electrons. The molecule has 0 unspecified atom stereocenters. The number of aromatic hydroxyl groups is 2. The van der Waals surface area contributed by atoms with Gasteiger partial charge in [0.05, 0.1) is 7.11 Å². The van der Waals surface area contributed by atoms with Crippen molar-refractivity contribution in [2.24, 2.45) is 0 Å². The quantitative estimate of drug-likeness (QED) is 0.381. The number of hydrogen-bond acceptors (Lipinski definition) is 8. The fraction of sp³-hybridized carbons (Fsp3) is 0.385. The monoisotopic (exact) mass is 513 g/mol. The minimum absolute atomic E-state index is 0.0234. The summed E-state index contributed by atoms with van der Waals surface area (Å²) in [5, 5.41) is 28.8. The Labute approximate surface area is 214 Å². The average molecular weight is 514 g/mol. The molecular weight excluding hydrogens is 482 g/mol. The van der Waals surface area contributed by atoms with Gasteiger partial charge in [0.25, 0.3) is 0 Å². The normalized spacial score (nSPS) is 20.1. The van der Waals surface area contributed by atoms with Crippen LogP contribution in [0.5, 0.6) is 11.5 Å². The molecule has 0 aromatic heterocycles. The molecule has 4 bridgehead atoms. The van der Waals surface area contributed by atoms with E-state index in [-0.39, 0.29) is 34.6 Å². The summed E-state index contributed by atoms with van der Waals surface area (Å²) in [6.07, 6.45) is -0.855. The Morgan fingerprint density at radius 1 is 0.973 bits per heavy atom. The molecule has 0 saturated heterocycles. The third kappa shape index (κ3) is 6.69. The maximum absolute atomic E-state index is 13.3. The molecule has 0 aliphatic carbocycles. The summed E-state index contributed by atoms with van der Waals surface area (Å²) in [5.74, 6) is -2.46. The Morgan fingerprint density at radius 2 is 1.59 bits per heavy atom. The van der Waals surface area contributed by atoms with Crippen molar-refractivity contribution in [3.05, 3.63) is 47.5 Å². The molecule has 3 atom stereocenters. The van der Waals surface area contributed by atoms with Crippen LogP contribution in [-0.4, -0.2) is 58.9 Å². The molecule has 1 aliphatic heterocycles. The third-order valence-corrected chi connectivity index (χ3v) is 5.62. The standard InChI is InChI=1S/C26H31N3O8/c1-13-22(32)28-18(24(34)36-5)11-14-6-8-19(30)16(10-14)17-12-15(7-9-20(17)31)21(23(33)27-13)29-25(35)37-26(2,3)4/h6-10,12-13,18,21,30-31H,11H2,1-5H3,(H,27,33)(H,28,32)(H,29,35)/t13-,18-,21-/m0/s1. The van der Waals surface area contributed by atoms with E-state index in [1.54, 1.807) is 32.9 Å². The van der Waals surface area contributed by atoms with E-state index in [9.17, 15) is 29.4 Å². The van der Waals surface area contributed by atoms with E-state index in [1.165, 1.54) is 38.3 Å². The van der Waals surface area contributed by atoms with Crippen molar-refractivity contribution in [3.63, 3.8) is 0 Å². The van der Waals surface area contributed by atoms with Gasteiger partial charge in [-0.3, -0.25) is 9.59 Å². The van der Waals surface area contributed by atoms with Crippen LogP contribution in [0.1, 0.15) is 44.9 Å². The van der Waals surface area contributed by atoms with Crippen LogP contribution >= 0.6 is 0 Å². The molecule has 3 rings (SSSR count). The second-order valence-electron chi connectivity index (χ2n) is 9.73. The number of alkyl carbamates (subject to hydrolysis) is 1. The van der Waals surface area contributed by atoms with Gasteiger partial charge in [0.2, 0.25) is 11.8 Å². The van der Waals surface area contributed by atoms with E-state index in [4.69, 9.17) is 9.47 Å². The first kappa shape index (κ1) is 27.3. The van der Waals surface area contributed by atoms with Crippen LogP contribution in [-0.2, 0) is 30.3 Å². The number of methoxy groups -OCH3 is 1. The zero-order valence-corrected chi connectivity index (χ0v) is 21.2. The third-order valence-electron chi connectivity index (χ3n) is 5.62. The van der Waals surface area contributed by atoms with Crippen molar-refractivity contribution < 1.29 is 38.9 Å². The van der Waals surface area contributed by atoms with Crippen molar-refractivity contribution in [1.29, 1.82) is 0 Å². The van der Waals surface area contributed by atoms with Gasteiger partial charge in [-0.25, -0.2) is 9.59 Å². The summed E-state index contributed by atoms with van der Waals surface area (Å²) in [7, 11) is 1.18. The summed E-state index contributed by atoms with van der Waals surface area (Å²) in [5.41, 5.74) is 0.381. The van der Waals surface area contributed by atoms with E-state index >= 15 is 0 Å². The Hall–Kier alpha value is -4.28. The predicted octanol–water partition coefficient (Wildman–Crippen LogP) is 2.05. The van der Waals surface area contributed by atoms with Gasteiger partial charge in [-0.15, -0.1) is 0 Å². The van der Waals surface area contributed by atoms with E-state index in [1.807, 2.05) is 0 Å². The maximum atomic E-state index is 13.3. The number of carbonyl (C=O) groups excluding carboxylic acids is 4. The van der Waals surface area contributed by atoms with Gasteiger partial charge in [0.15, 0.2) is 0 Å². The minimum Gasteiger partial charge on any atom is -0.507 e. The largest absolute Gasteiger partial charge is 0.507 e. The van der Waals surface area contributed by atoms with Gasteiger partial charge < -0.3 is 35.6 Å². The number of amides is 3. The summed E-state index contributed by atoms with van der Waals surface area (Å²) in [6.45, 7) is 6.43. The molecule has 2 aromatic rings. The number of carbonyl (C=O) groups is 4. The van der Waals surface area contributed by atoms with Gasteiger partial charge in [-0.2, -0.15) is 0 Å². The van der Waals surface area contributed by atoms with Crippen LogP contribution < -0.4 is 16.0 Å². The Kier molecular flexibility index (Phi) is 7.95. The fourth-order valence-electron chi connectivity index (χ4n) is 3.83. The van der Waals surface area contributed by atoms with Crippen LogP contribution in [0.25, 0.3) is 11.1 Å². The lowest BCUT2D eigenvalue weighted by molar-refractivity contribution is -0.145. The van der Waals surface area contributed by atoms with Crippen molar-refractivity contribution in [2.75, 3.05) is 7.11 Å². The lowest BCUT2D eigenvalue weighted by Crippen LogP contribution is -2.53. The number of rotatable bonds is 2. The van der Waals surface area contributed by atoms with E-state index < -0.39 is 47.6 Å². The molecule has 37 heavy (non-hydrogen) atoms. The van der Waals surface area contributed by atoms with Crippen molar-refractivity contribution >= 4 is 23.9 Å². The number of benzene rings is 2. The summed E-state index contributed by atoms with van der Waals surface area (Å²) in [6, 6.07) is 5.24. The predicted molar refractivity (Wildman–Crippen MR) is 133 cm³/mol. The molecule has 11 nitrogen and oxygen atoms in total. The molecule has 0 spiro atoms. The second kappa shape index (κ2) is 10.8. The molecule has 198 valence electrons. The Balaban J connectivity index is 2.16. The first-order valence-electron chi connectivity index (χ1n) is 11.6. The molecule has 5 N–H and O–H groups in total. The molecule has 0 saturated carbocycles. The minimum atomic E-state index is -1.32. The number of hydrogen-bond donors (Lipinski definition) is 5. The summed E-state index contributed by atoms with van der Waals surface area (Å²) >= 11 is 0. The lowest BCUT2D eigenvalue weighted by atomic mass is 9.94. The average Bonchev–Trinajstić information content (AvgIpc) is 2.81. The molecular formula is C26H31N3O8. The van der Waals surface area contributed by atoms with E-state index in [0.717, 1.165) is 0 Å². The number of phenols is 2. The Morgan fingerprint density at radius 3 is 2.22 bits per heavy atom. The smallest absolute Gasteiger partial charge is 0.408 e. The summed E-state index contributed by atoms with van der Waals surface area (Å²) < 4.78 is 10.1. The molecule has 2 aromatic carbocycles. The van der Waals surface area contributed by atoms with Gasteiger partial charge in [-0.1, -0.05) is 12.1 Å². The zero-order valence-electron chi connectivity index (χ0n) is 21.2. The van der Waals surface area contributed by atoms with Crippen LogP contribution in [0.15, 0.2) is 36.4 Å². The highest BCUT2D eigenvalue weighted by Crippen LogP contribution is 2.38. The highest BCUT2D eigenvalue weighted by atomic mass is 16.6. The van der Waals surface area contributed by atoms with Gasteiger partial charge in [0, 0.05) is 17.5 Å². The van der Waals surface area contributed by atoms with Crippen molar-refractivity contribution in [2.45, 2.75) is 57.8 Å². The highest BCUT2D eigenvalue weighted by molar-refractivity contribution is 5.94. The zero-order chi connectivity index (χ0) is 27.5. The van der Waals surface area contributed by atoms with Crippen molar-refractivity contribution in [3.8, 4) is 22.6 Å². The van der Waals surface area contributed by atoms with Gasteiger partial charge in [-0.05, 0) is 63.1 Å². The SMILES string of the molecule is COC(=O)[C@@H]1Cc2ccc(O)c(c2)-c2cc(ccc2O)[C@H](NC(=O)OC(C)(C)C)C(=O)N[C@@H](C)C(=O)N1. The lowest BCUT2D eigenvalue weighted by Gasteiger charge is -2.26. The first-order chi connectivity index (χ1) is 17.3. The van der Waals surface area contributed by atoms with Crippen LogP contribution in [0, 0.1) is 0 Å². The van der Waals surface area contributed by atoms with Gasteiger partial charge >= 0.3 is 12.1 Å². The van der Waals surface area contributed by atoms with Crippen LogP contribution in [0.4, 0.5) is 4.79 Å². The first-order valence-corrected chi connectivity index (χ1v) is 11.6. The number of esters is 1. The topological polar surface area (TPSA) is 163 Å². The van der Waals surface area contributed by atoms with Crippen molar-refractivity contribution in [1.82, 2.24) is 16.0 Å². The number of ether oxygens (including phenoxy) is 2. The Bertz CT molecular complexity index is 1220. The number of nitrogens with one attached hydrogen (secondary N) is 3. The number of phenolic OH excluding ortho intramolecular Hbond substituents is 2. The molecule has 1 heterocycles. The molecule has 1 aliphatic rings. The molecule has 11 heteroatoms. The van der Waals surface area contributed by atoms with E-state index in [0.29, 0.717) is 5.56 Å². The summed E-state index contributed by atoms with van der Waals surface area (Å²) in [4.78, 5) is 51.1. The van der Waals surface area contributed by atoms with Crippen LogP contribution in [0.2, 0.25) is 0 Å². The second-order valence-corrected chi connectivity index (χ2v) is 9.73. The molecule has 0 fully saturated rings. The highest BCUT2D eigenvalue weighted by Gasteiger charge is 2.31. The fourth-order valence-corrected chi connectivity index (χ4v) is 3.83. The number of fused-ring (bicyclic) bond motifs is 5. The van der Waals surface area contributed by atoms with E-state index in [2.05, 4.69) is 16.0 Å². The van der Waals surface area contributed by atoms with Gasteiger partial charge in [0.1, 0.15) is 35.2 Å². The van der Waals surface area contributed by atoms with Crippen LogP contribution in [0.3, 0.4) is 0 Å².